The molecule has 0 atom stereocenters. The molecule has 8 heteroatoms. The Morgan fingerprint density at radius 1 is 1.47 bits per heavy atom. The number of aromatic carboxylic acids is 1. The summed E-state index contributed by atoms with van der Waals surface area (Å²) >= 11 is 6.54. The average Bonchev–Trinajstić information content (AvgIpc) is 2.93. The number of hydrogen-bond donors (Lipinski definition) is 1. The number of aryl methyl sites for hydroxylation is 1. The maximum atomic E-state index is 12.1. The van der Waals surface area contributed by atoms with Crippen LogP contribution in [-0.2, 0) is 0 Å². The monoisotopic (exact) mass is 300 g/mol. The molecule has 2 aromatic heterocycles. The molecule has 0 aliphatic heterocycles. The third kappa shape index (κ3) is 2.47. The van der Waals surface area contributed by atoms with Crippen molar-refractivity contribution in [1.29, 1.82) is 0 Å². The lowest BCUT2D eigenvalue weighted by Gasteiger charge is -2.13. The summed E-state index contributed by atoms with van der Waals surface area (Å²) in [6.45, 7) is 1.57. The summed E-state index contributed by atoms with van der Waals surface area (Å²) in [5, 5.41) is 9.47. The van der Waals surface area contributed by atoms with Crippen LogP contribution in [0.5, 0.6) is 0 Å². The van der Waals surface area contributed by atoms with E-state index < -0.39 is 11.9 Å². The maximum Gasteiger partial charge on any atom is 0.340 e. The smallest absolute Gasteiger partial charge is 0.340 e. The van der Waals surface area contributed by atoms with Crippen LogP contribution in [0.4, 0.5) is 5.00 Å². The maximum absolute atomic E-state index is 12.1. The van der Waals surface area contributed by atoms with Gasteiger partial charge in [-0.05, 0) is 42.2 Å². The fourth-order valence-corrected chi connectivity index (χ4v) is 2.51. The predicted molar refractivity (Wildman–Crippen MR) is 70.3 cm³/mol. The molecule has 2 heterocycles. The van der Waals surface area contributed by atoms with Gasteiger partial charge < -0.3 is 9.52 Å². The van der Waals surface area contributed by atoms with Crippen LogP contribution in [-0.4, -0.2) is 28.4 Å². The number of amides is 1. The first kappa shape index (κ1) is 13.6. The first-order chi connectivity index (χ1) is 8.91. The topological polar surface area (TPSA) is 83.6 Å². The molecule has 2 rings (SSSR count). The van der Waals surface area contributed by atoms with Crippen LogP contribution in [0.15, 0.2) is 16.5 Å². The standard InChI is InChI=1S/C11H9ClN2O4S/c1-5-8(11(16)17)10(19-13-5)14(2)9(15)6-3-4-7(12)18-6/h3-4H,1-2H3,(H,16,17). The number of carboxylic acid groups (broad SMARTS) is 1. The first-order valence-corrected chi connectivity index (χ1v) is 6.30. The van der Waals surface area contributed by atoms with E-state index in [1.165, 1.54) is 24.1 Å². The second kappa shape index (κ2) is 5.02. The van der Waals surface area contributed by atoms with E-state index in [-0.39, 0.29) is 21.5 Å². The number of carbonyl (C=O) groups excluding carboxylic acids is 1. The summed E-state index contributed by atoms with van der Waals surface area (Å²) in [5.74, 6) is -1.58. The van der Waals surface area contributed by atoms with E-state index in [2.05, 4.69) is 4.37 Å². The molecule has 0 saturated carbocycles. The number of carbonyl (C=O) groups is 2. The fraction of sp³-hybridized carbons (Fsp3) is 0.182. The highest BCUT2D eigenvalue weighted by atomic mass is 35.5. The number of furan rings is 1. The molecular formula is C11H9ClN2O4S. The number of anilines is 1. The van der Waals surface area contributed by atoms with Crippen LogP contribution in [0, 0.1) is 6.92 Å². The lowest BCUT2D eigenvalue weighted by atomic mass is 10.2. The molecule has 1 N–H and O–H groups in total. The lowest BCUT2D eigenvalue weighted by molar-refractivity contribution is 0.0697. The Balaban J connectivity index is 2.37. The van der Waals surface area contributed by atoms with Gasteiger partial charge in [0.1, 0.15) is 10.6 Å². The number of nitrogens with zero attached hydrogens (tertiary/aromatic N) is 2. The zero-order valence-electron chi connectivity index (χ0n) is 10.0. The highest BCUT2D eigenvalue weighted by Crippen LogP contribution is 2.29. The summed E-state index contributed by atoms with van der Waals surface area (Å²) in [4.78, 5) is 24.4. The van der Waals surface area contributed by atoms with Crippen molar-refractivity contribution in [2.75, 3.05) is 11.9 Å². The molecule has 19 heavy (non-hydrogen) atoms. The normalized spacial score (nSPS) is 10.5. The van der Waals surface area contributed by atoms with Crippen LogP contribution >= 0.6 is 23.1 Å². The van der Waals surface area contributed by atoms with Crippen molar-refractivity contribution in [2.24, 2.45) is 0 Å². The van der Waals surface area contributed by atoms with E-state index in [0.29, 0.717) is 5.69 Å². The zero-order valence-corrected chi connectivity index (χ0v) is 11.6. The molecule has 100 valence electrons. The van der Waals surface area contributed by atoms with Crippen LogP contribution < -0.4 is 4.90 Å². The van der Waals surface area contributed by atoms with Gasteiger partial charge in [0.25, 0.3) is 5.91 Å². The van der Waals surface area contributed by atoms with E-state index in [9.17, 15) is 9.59 Å². The quantitative estimate of drug-likeness (QED) is 0.942. The van der Waals surface area contributed by atoms with Crippen molar-refractivity contribution in [1.82, 2.24) is 4.37 Å². The van der Waals surface area contributed by atoms with Gasteiger partial charge >= 0.3 is 5.97 Å². The van der Waals surface area contributed by atoms with Crippen LogP contribution in [0.1, 0.15) is 26.6 Å². The van der Waals surface area contributed by atoms with Crippen LogP contribution in [0.3, 0.4) is 0 Å². The number of hydrogen-bond acceptors (Lipinski definition) is 5. The van der Waals surface area contributed by atoms with Gasteiger partial charge in [-0.25, -0.2) is 4.79 Å². The molecule has 0 saturated heterocycles. The number of rotatable bonds is 3. The molecule has 1 amide bonds. The van der Waals surface area contributed by atoms with Crippen LogP contribution in [0.25, 0.3) is 0 Å². The molecule has 0 spiro atoms. The molecule has 6 nitrogen and oxygen atoms in total. The van der Waals surface area contributed by atoms with Gasteiger partial charge in [-0.2, -0.15) is 4.37 Å². The summed E-state index contributed by atoms with van der Waals surface area (Å²) in [5.41, 5.74) is 0.378. The minimum atomic E-state index is -1.13. The minimum absolute atomic E-state index is 0.0125. The van der Waals surface area contributed by atoms with E-state index in [4.69, 9.17) is 21.1 Å². The Kier molecular flexibility index (Phi) is 3.59. The van der Waals surface area contributed by atoms with E-state index in [0.717, 1.165) is 11.5 Å². The average molecular weight is 301 g/mol. The number of aromatic nitrogens is 1. The van der Waals surface area contributed by atoms with Crippen molar-refractivity contribution in [3.05, 3.63) is 34.4 Å². The Morgan fingerprint density at radius 2 is 2.16 bits per heavy atom. The Bertz CT molecular complexity index is 649. The summed E-state index contributed by atoms with van der Waals surface area (Å²) in [6, 6.07) is 2.87. The van der Waals surface area contributed by atoms with Gasteiger partial charge in [-0.1, -0.05) is 0 Å². The van der Waals surface area contributed by atoms with Gasteiger partial charge in [-0.15, -0.1) is 0 Å². The lowest BCUT2D eigenvalue weighted by Crippen LogP contribution is -2.26. The first-order valence-electron chi connectivity index (χ1n) is 5.14. The highest BCUT2D eigenvalue weighted by Gasteiger charge is 2.26. The second-order valence-corrected chi connectivity index (χ2v) is 4.85. The van der Waals surface area contributed by atoms with Crippen molar-refractivity contribution in [3.63, 3.8) is 0 Å². The zero-order chi connectivity index (χ0) is 14.2. The van der Waals surface area contributed by atoms with Crippen molar-refractivity contribution in [2.45, 2.75) is 6.92 Å². The molecular weight excluding hydrogens is 292 g/mol. The van der Waals surface area contributed by atoms with Gasteiger partial charge in [0.15, 0.2) is 11.0 Å². The highest BCUT2D eigenvalue weighted by molar-refractivity contribution is 7.11. The Labute approximate surface area is 117 Å². The molecule has 0 aliphatic rings. The molecule has 0 aromatic carbocycles. The molecule has 0 bridgehead atoms. The minimum Gasteiger partial charge on any atom is -0.478 e. The van der Waals surface area contributed by atoms with Gasteiger partial charge in [0.2, 0.25) is 0 Å². The molecule has 0 aliphatic carbocycles. The van der Waals surface area contributed by atoms with E-state index >= 15 is 0 Å². The summed E-state index contributed by atoms with van der Waals surface area (Å²) < 4.78 is 8.96. The Hall–Kier alpha value is -1.86. The van der Waals surface area contributed by atoms with E-state index in [1.54, 1.807) is 6.92 Å². The van der Waals surface area contributed by atoms with Crippen molar-refractivity contribution < 1.29 is 19.1 Å². The molecule has 0 fully saturated rings. The third-order valence-electron chi connectivity index (χ3n) is 2.45. The summed E-state index contributed by atoms with van der Waals surface area (Å²) in [6.07, 6.45) is 0. The second-order valence-electron chi connectivity index (χ2n) is 3.72. The fourth-order valence-electron chi connectivity index (χ4n) is 1.52. The largest absolute Gasteiger partial charge is 0.478 e. The number of halogens is 1. The third-order valence-corrected chi connectivity index (χ3v) is 3.67. The van der Waals surface area contributed by atoms with Crippen molar-refractivity contribution >= 4 is 40.0 Å². The summed E-state index contributed by atoms with van der Waals surface area (Å²) in [7, 11) is 1.46. The molecule has 0 unspecified atom stereocenters. The van der Waals surface area contributed by atoms with Gasteiger partial charge in [-0.3, -0.25) is 9.69 Å². The number of carboxylic acids is 1. The Morgan fingerprint density at radius 3 is 2.68 bits per heavy atom. The molecule has 0 radical (unpaired) electrons. The van der Waals surface area contributed by atoms with E-state index in [1.807, 2.05) is 0 Å². The van der Waals surface area contributed by atoms with Crippen molar-refractivity contribution in [3.8, 4) is 0 Å². The van der Waals surface area contributed by atoms with Crippen LogP contribution in [0.2, 0.25) is 5.22 Å². The predicted octanol–water partition coefficient (Wildman–Crippen LogP) is 2.67. The SMILES string of the molecule is Cc1nsc(N(C)C(=O)c2ccc(Cl)o2)c1C(=O)O. The molecule has 2 aromatic rings. The van der Waals surface area contributed by atoms with Gasteiger partial charge in [0, 0.05) is 7.05 Å². The van der Waals surface area contributed by atoms with Gasteiger partial charge in [0.05, 0.1) is 5.69 Å².